The number of carbonyl (C=O) groups excluding carboxylic acids is 1. The molecule has 0 saturated carbocycles. The summed E-state index contributed by atoms with van der Waals surface area (Å²) < 4.78 is 14.3. The summed E-state index contributed by atoms with van der Waals surface area (Å²) >= 11 is 0. The van der Waals surface area contributed by atoms with Crippen LogP contribution in [0.3, 0.4) is 0 Å². The number of aromatic nitrogens is 2. The molecule has 1 amide bonds. The fourth-order valence-corrected chi connectivity index (χ4v) is 3.26. The molecule has 2 heterocycles. The summed E-state index contributed by atoms with van der Waals surface area (Å²) in [5, 5.41) is 9.83. The molecular weight excluding hydrogens is 347 g/mol. The molecule has 1 aliphatic rings. The fraction of sp³-hybridized carbons (Fsp3) is 0.450. The predicted octanol–water partition coefficient (Wildman–Crippen LogP) is 2.06. The fourth-order valence-electron chi connectivity index (χ4n) is 3.26. The molecule has 0 bridgehead atoms. The maximum absolute atomic E-state index is 14.3. The van der Waals surface area contributed by atoms with Crippen LogP contribution in [0.1, 0.15) is 53.4 Å². The lowest BCUT2D eigenvalue weighted by atomic mass is 10.0. The van der Waals surface area contributed by atoms with Crippen molar-refractivity contribution in [3.63, 3.8) is 0 Å². The van der Waals surface area contributed by atoms with Crippen molar-refractivity contribution in [3.05, 3.63) is 62.8 Å². The number of rotatable bonds is 4. The van der Waals surface area contributed by atoms with Crippen molar-refractivity contribution in [2.75, 3.05) is 26.2 Å². The quantitative estimate of drug-likeness (QED) is 0.861. The van der Waals surface area contributed by atoms with Crippen LogP contribution in [0.2, 0.25) is 0 Å². The first-order valence-electron chi connectivity index (χ1n) is 9.32. The van der Waals surface area contributed by atoms with Gasteiger partial charge >= 0.3 is 0 Å². The zero-order chi connectivity index (χ0) is 19.4. The molecule has 3 rings (SSSR count). The Hall–Kier alpha value is -2.54. The van der Waals surface area contributed by atoms with Gasteiger partial charge in [0, 0.05) is 31.6 Å². The number of benzene rings is 1. The van der Waals surface area contributed by atoms with Gasteiger partial charge in [0.15, 0.2) is 0 Å². The second kappa shape index (κ2) is 8.43. The van der Waals surface area contributed by atoms with Gasteiger partial charge in [0.25, 0.3) is 11.5 Å². The van der Waals surface area contributed by atoms with Crippen LogP contribution in [0, 0.1) is 5.82 Å². The molecule has 1 aromatic heterocycles. The summed E-state index contributed by atoms with van der Waals surface area (Å²) in [7, 11) is 0. The van der Waals surface area contributed by atoms with Crippen LogP contribution in [-0.4, -0.2) is 47.2 Å². The van der Waals surface area contributed by atoms with Crippen molar-refractivity contribution in [2.45, 2.75) is 32.6 Å². The van der Waals surface area contributed by atoms with Gasteiger partial charge in [-0.15, -0.1) is 0 Å². The van der Waals surface area contributed by atoms with Crippen molar-refractivity contribution < 1.29 is 9.18 Å². The van der Waals surface area contributed by atoms with E-state index in [4.69, 9.17) is 0 Å². The Labute approximate surface area is 157 Å². The van der Waals surface area contributed by atoms with Crippen molar-refractivity contribution in [2.24, 2.45) is 0 Å². The molecule has 6 nitrogen and oxygen atoms in total. The molecule has 1 fully saturated rings. The van der Waals surface area contributed by atoms with E-state index in [1.165, 1.54) is 6.07 Å². The number of nitrogens with one attached hydrogen (secondary N) is 2. The van der Waals surface area contributed by atoms with Crippen LogP contribution in [0.5, 0.6) is 0 Å². The number of halogens is 1. The molecule has 2 aromatic rings. The summed E-state index contributed by atoms with van der Waals surface area (Å²) in [6.45, 7) is 6.66. The van der Waals surface area contributed by atoms with E-state index in [1.54, 1.807) is 23.1 Å². The van der Waals surface area contributed by atoms with E-state index in [2.05, 4.69) is 15.5 Å². The first-order chi connectivity index (χ1) is 13.0. The lowest BCUT2D eigenvalue weighted by molar-refractivity contribution is 0.0761. The summed E-state index contributed by atoms with van der Waals surface area (Å²) in [4.78, 5) is 26.3. The Balaban J connectivity index is 1.84. The Bertz CT molecular complexity index is 871. The van der Waals surface area contributed by atoms with E-state index in [9.17, 15) is 14.0 Å². The molecule has 144 valence electrons. The van der Waals surface area contributed by atoms with Crippen molar-refractivity contribution in [3.8, 4) is 0 Å². The van der Waals surface area contributed by atoms with Gasteiger partial charge in [-0.25, -0.2) is 9.49 Å². The Morgan fingerprint density at radius 3 is 2.85 bits per heavy atom. The highest BCUT2D eigenvalue weighted by Gasteiger charge is 2.21. The summed E-state index contributed by atoms with van der Waals surface area (Å²) in [6, 6.07) is 6.35. The molecule has 0 spiro atoms. The number of aromatic amines is 1. The SMILES string of the molecule is CC(C)c1cc(Cc2ccc(F)c(C(=O)N3CCCNCC3)c2)n[nH]c1=O. The largest absolute Gasteiger partial charge is 0.337 e. The maximum Gasteiger partial charge on any atom is 0.267 e. The van der Waals surface area contributed by atoms with Gasteiger partial charge in [0.2, 0.25) is 0 Å². The average molecular weight is 372 g/mol. The van der Waals surface area contributed by atoms with Gasteiger partial charge in [-0.2, -0.15) is 5.10 Å². The van der Waals surface area contributed by atoms with Gasteiger partial charge < -0.3 is 10.2 Å². The predicted molar refractivity (Wildman–Crippen MR) is 102 cm³/mol. The highest BCUT2D eigenvalue weighted by atomic mass is 19.1. The number of H-pyrrole nitrogens is 1. The van der Waals surface area contributed by atoms with Crippen LogP contribution in [0.4, 0.5) is 4.39 Å². The first kappa shape index (κ1) is 19.2. The molecular formula is C20H25FN4O2. The van der Waals surface area contributed by atoms with Gasteiger partial charge in [-0.05, 0) is 42.6 Å². The van der Waals surface area contributed by atoms with Crippen LogP contribution in [0.15, 0.2) is 29.1 Å². The maximum atomic E-state index is 14.3. The third-order valence-corrected chi connectivity index (χ3v) is 4.78. The zero-order valence-corrected chi connectivity index (χ0v) is 15.7. The average Bonchev–Trinajstić information content (AvgIpc) is 2.93. The van der Waals surface area contributed by atoms with Crippen molar-refractivity contribution >= 4 is 5.91 Å². The van der Waals surface area contributed by atoms with Crippen LogP contribution < -0.4 is 10.9 Å². The monoisotopic (exact) mass is 372 g/mol. The van der Waals surface area contributed by atoms with Crippen molar-refractivity contribution in [1.29, 1.82) is 0 Å². The highest BCUT2D eigenvalue weighted by Crippen LogP contribution is 2.17. The minimum absolute atomic E-state index is 0.0810. The first-order valence-corrected chi connectivity index (χ1v) is 9.32. The second-order valence-corrected chi connectivity index (χ2v) is 7.19. The van der Waals surface area contributed by atoms with Crippen LogP contribution >= 0.6 is 0 Å². The number of hydrogen-bond donors (Lipinski definition) is 2. The van der Waals surface area contributed by atoms with E-state index in [0.717, 1.165) is 18.5 Å². The van der Waals surface area contributed by atoms with E-state index in [0.29, 0.717) is 37.3 Å². The minimum Gasteiger partial charge on any atom is -0.337 e. The molecule has 0 radical (unpaired) electrons. The highest BCUT2D eigenvalue weighted by molar-refractivity contribution is 5.94. The molecule has 1 aliphatic heterocycles. The third-order valence-electron chi connectivity index (χ3n) is 4.78. The standard InChI is InChI=1S/C20H25FN4O2/c1-13(2)16-12-15(23-24-19(16)26)10-14-4-5-18(21)17(11-14)20(27)25-8-3-6-22-7-9-25/h4-5,11-13,22H,3,6-10H2,1-2H3,(H,24,26). The lowest BCUT2D eigenvalue weighted by Crippen LogP contribution is -2.34. The summed E-state index contributed by atoms with van der Waals surface area (Å²) in [6.07, 6.45) is 1.27. The normalized spacial score (nSPS) is 15.0. The molecule has 1 aromatic carbocycles. The number of amides is 1. The lowest BCUT2D eigenvalue weighted by Gasteiger charge is -2.20. The molecule has 0 atom stereocenters. The Kier molecular flexibility index (Phi) is 6.01. The third kappa shape index (κ3) is 4.60. The number of hydrogen-bond acceptors (Lipinski definition) is 4. The zero-order valence-electron chi connectivity index (χ0n) is 15.7. The molecule has 2 N–H and O–H groups in total. The van der Waals surface area contributed by atoms with Gasteiger partial charge in [0.05, 0.1) is 11.3 Å². The summed E-state index contributed by atoms with van der Waals surface area (Å²) in [5.41, 5.74) is 2.01. The van der Waals surface area contributed by atoms with Crippen LogP contribution in [0.25, 0.3) is 0 Å². The molecule has 0 aliphatic carbocycles. The van der Waals surface area contributed by atoms with Crippen molar-refractivity contribution in [1.82, 2.24) is 20.4 Å². The minimum atomic E-state index is -0.516. The Morgan fingerprint density at radius 1 is 1.26 bits per heavy atom. The van der Waals surface area contributed by atoms with E-state index in [1.807, 2.05) is 13.8 Å². The Morgan fingerprint density at radius 2 is 2.07 bits per heavy atom. The topological polar surface area (TPSA) is 78.1 Å². The van der Waals surface area contributed by atoms with E-state index in [-0.39, 0.29) is 22.9 Å². The molecule has 1 saturated heterocycles. The van der Waals surface area contributed by atoms with Gasteiger partial charge in [-0.1, -0.05) is 19.9 Å². The van der Waals surface area contributed by atoms with Crippen LogP contribution in [-0.2, 0) is 6.42 Å². The molecule has 27 heavy (non-hydrogen) atoms. The molecule has 0 unspecified atom stereocenters. The van der Waals surface area contributed by atoms with E-state index < -0.39 is 5.82 Å². The van der Waals surface area contributed by atoms with Gasteiger partial charge in [0.1, 0.15) is 5.82 Å². The second-order valence-electron chi connectivity index (χ2n) is 7.19. The molecule has 7 heteroatoms. The number of carbonyl (C=O) groups is 1. The summed E-state index contributed by atoms with van der Waals surface area (Å²) in [5.74, 6) is -0.717. The smallest absolute Gasteiger partial charge is 0.267 e. The number of nitrogens with zero attached hydrogens (tertiary/aromatic N) is 2. The van der Waals surface area contributed by atoms with Gasteiger partial charge in [-0.3, -0.25) is 9.59 Å². The van der Waals surface area contributed by atoms with E-state index >= 15 is 0 Å².